The molecule has 0 spiro atoms. The Kier molecular flexibility index (Phi) is 14.4. The van der Waals surface area contributed by atoms with E-state index in [-0.39, 0.29) is 30.6 Å². The van der Waals surface area contributed by atoms with Gasteiger partial charge >= 0.3 is 0 Å². The third-order valence-corrected chi connectivity index (χ3v) is 4.19. The van der Waals surface area contributed by atoms with Crippen LogP contribution < -0.4 is 10.1 Å². The number of hydrogen-bond acceptors (Lipinski definition) is 3. The van der Waals surface area contributed by atoms with Crippen LogP contribution in [0.1, 0.15) is 46.1 Å². The number of ether oxygens (including phenoxy) is 1. The Hall–Kier alpha value is -1.02. The van der Waals surface area contributed by atoms with Crippen molar-refractivity contribution < 1.29 is 9.84 Å². The van der Waals surface area contributed by atoms with E-state index in [0.717, 1.165) is 44.2 Å². The van der Waals surface area contributed by atoms with Gasteiger partial charge in [0.15, 0.2) is 5.96 Å². The fraction of sp³-hybridized carbons (Fsp3) is 0.667. The van der Waals surface area contributed by atoms with Gasteiger partial charge in [0.05, 0.1) is 6.61 Å². The number of nitrogens with zero attached hydrogens (tertiary/aromatic N) is 2. The average Bonchev–Trinajstić information content (AvgIpc) is 2.60. The summed E-state index contributed by atoms with van der Waals surface area (Å²) in [7, 11) is 2.06. The highest BCUT2D eigenvalue weighted by Crippen LogP contribution is 2.16. The lowest BCUT2D eigenvalue weighted by molar-refractivity contribution is 0.245. The van der Waals surface area contributed by atoms with Gasteiger partial charge in [0, 0.05) is 33.3 Å². The largest absolute Gasteiger partial charge is 0.494 e. The maximum Gasteiger partial charge on any atom is 0.193 e. The third kappa shape index (κ3) is 10.8. The maximum absolute atomic E-state index is 9.30. The number of hydrogen-bond donors (Lipinski definition) is 2. The van der Waals surface area contributed by atoms with E-state index in [1.165, 1.54) is 5.56 Å². The van der Waals surface area contributed by atoms with Crippen molar-refractivity contribution in [2.45, 2.75) is 47.1 Å². The SMILES string of the molecule is CCNC(=NCC(CCO)CC(C)C)N(C)Cc1ccc(OCC)cc1.I. The molecule has 6 heteroatoms. The highest BCUT2D eigenvalue weighted by molar-refractivity contribution is 14.0. The predicted octanol–water partition coefficient (Wildman–Crippen LogP) is 4.15. The van der Waals surface area contributed by atoms with E-state index >= 15 is 0 Å². The first kappa shape index (κ1) is 26.0. The first-order valence-electron chi connectivity index (χ1n) is 9.82. The minimum atomic E-state index is 0. The van der Waals surface area contributed by atoms with Crippen LogP contribution in [0.4, 0.5) is 0 Å². The van der Waals surface area contributed by atoms with Crippen LogP contribution in [0, 0.1) is 11.8 Å². The minimum absolute atomic E-state index is 0. The zero-order chi connectivity index (χ0) is 19.4. The van der Waals surface area contributed by atoms with Crippen LogP contribution in [0.15, 0.2) is 29.3 Å². The number of guanidine groups is 1. The monoisotopic (exact) mass is 491 g/mol. The molecule has 1 aromatic carbocycles. The second kappa shape index (κ2) is 15.0. The standard InChI is InChI=1S/C21H37N3O2.HI/c1-6-22-21(23-15-19(12-13-25)14-17(3)4)24(5)16-18-8-10-20(11-9-18)26-7-2;/h8-11,17,19,25H,6-7,12-16H2,1-5H3,(H,22,23);1H. The second-order valence-electron chi connectivity index (χ2n) is 7.14. The van der Waals surface area contributed by atoms with Crippen molar-refractivity contribution in [2.24, 2.45) is 16.8 Å². The summed E-state index contributed by atoms with van der Waals surface area (Å²) >= 11 is 0. The van der Waals surface area contributed by atoms with E-state index in [1.807, 2.05) is 19.1 Å². The number of aliphatic imine (C=N–C) groups is 1. The van der Waals surface area contributed by atoms with Crippen molar-refractivity contribution in [3.8, 4) is 5.75 Å². The predicted molar refractivity (Wildman–Crippen MR) is 125 cm³/mol. The Morgan fingerprint density at radius 2 is 1.89 bits per heavy atom. The van der Waals surface area contributed by atoms with Crippen molar-refractivity contribution in [3.63, 3.8) is 0 Å². The van der Waals surface area contributed by atoms with Gasteiger partial charge < -0.3 is 20.1 Å². The highest BCUT2D eigenvalue weighted by atomic mass is 127. The zero-order valence-electron chi connectivity index (χ0n) is 17.6. The minimum Gasteiger partial charge on any atom is -0.494 e. The van der Waals surface area contributed by atoms with Gasteiger partial charge in [-0.1, -0.05) is 26.0 Å². The average molecular weight is 491 g/mol. The summed E-state index contributed by atoms with van der Waals surface area (Å²) in [5.41, 5.74) is 1.22. The van der Waals surface area contributed by atoms with E-state index in [2.05, 4.69) is 50.2 Å². The summed E-state index contributed by atoms with van der Waals surface area (Å²) in [6, 6.07) is 8.21. The van der Waals surface area contributed by atoms with Gasteiger partial charge in [-0.05, 0) is 56.2 Å². The number of aliphatic hydroxyl groups is 1. The normalized spacial score (nSPS) is 12.5. The molecule has 1 rings (SSSR count). The lowest BCUT2D eigenvalue weighted by Gasteiger charge is -2.23. The molecule has 0 saturated heterocycles. The lowest BCUT2D eigenvalue weighted by atomic mass is 9.94. The molecule has 1 atom stereocenters. The van der Waals surface area contributed by atoms with Gasteiger partial charge in [0.2, 0.25) is 0 Å². The second-order valence-corrected chi connectivity index (χ2v) is 7.14. The van der Waals surface area contributed by atoms with Crippen molar-refractivity contribution in [3.05, 3.63) is 29.8 Å². The summed E-state index contributed by atoms with van der Waals surface area (Å²) in [4.78, 5) is 6.97. The van der Waals surface area contributed by atoms with Gasteiger partial charge in [-0.3, -0.25) is 4.99 Å². The smallest absolute Gasteiger partial charge is 0.193 e. The summed E-state index contributed by atoms with van der Waals surface area (Å²) < 4.78 is 5.50. The number of rotatable bonds is 11. The van der Waals surface area contributed by atoms with Crippen molar-refractivity contribution in [1.29, 1.82) is 0 Å². The van der Waals surface area contributed by atoms with Gasteiger partial charge in [0.1, 0.15) is 5.75 Å². The fourth-order valence-electron chi connectivity index (χ4n) is 3.02. The lowest BCUT2D eigenvalue weighted by Crippen LogP contribution is -2.38. The topological polar surface area (TPSA) is 57.1 Å². The Morgan fingerprint density at radius 1 is 1.22 bits per heavy atom. The number of aliphatic hydroxyl groups excluding tert-OH is 1. The van der Waals surface area contributed by atoms with Crippen molar-refractivity contribution in [2.75, 3.05) is 33.4 Å². The van der Waals surface area contributed by atoms with Gasteiger partial charge in [-0.2, -0.15) is 0 Å². The van der Waals surface area contributed by atoms with Crippen molar-refractivity contribution in [1.82, 2.24) is 10.2 Å². The van der Waals surface area contributed by atoms with E-state index in [9.17, 15) is 5.11 Å². The molecule has 0 aliphatic heterocycles. The molecule has 2 N–H and O–H groups in total. The molecule has 0 bridgehead atoms. The molecule has 0 aromatic heterocycles. The molecule has 0 aliphatic carbocycles. The summed E-state index contributed by atoms with van der Waals surface area (Å²) in [5.74, 6) is 2.85. The fourth-order valence-corrected chi connectivity index (χ4v) is 3.02. The van der Waals surface area contributed by atoms with Crippen LogP contribution in [-0.4, -0.2) is 49.3 Å². The molecule has 1 aromatic rings. The van der Waals surface area contributed by atoms with Crippen LogP contribution >= 0.6 is 24.0 Å². The molecule has 1 unspecified atom stereocenters. The van der Waals surface area contributed by atoms with Crippen LogP contribution in [0.2, 0.25) is 0 Å². The molecular weight excluding hydrogens is 453 g/mol. The molecule has 27 heavy (non-hydrogen) atoms. The number of nitrogens with one attached hydrogen (secondary N) is 1. The molecule has 5 nitrogen and oxygen atoms in total. The molecule has 0 radical (unpaired) electrons. The van der Waals surface area contributed by atoms with Crippen LogP contribution in [0.25, 0.3) is 0 Å². The molecule has 0 heterocycles. The van der Waals surface area contributed by atoms with Gasteiger partial charge in [-0.25, -0.2) is 0 Å². The van der Waals surface area contributed by atoms with E-state index in [4.69, 9.17) is 9.73 Å². The molecule has 0 amide bonds. The number of halogens is 1. The van der Waals surface area contributed by atoms with Gasteiger partial charge in [-0.15, -0.1) is 24.0 Å². The van der Waals surface area contributed by atoms with Crippen LogP contribution in [-0.2, 0) is 6.54 Å². The molecular formula is C21H38IN3O2. The summed E-state index contributed by atoms with van der Waals surface area (Å²) in [6.45, 7) is 11.8. The number of benzene rings is 1. The van der Waals surface area contributed by atoms with Crippen LogP contribution in [0.5, 0.6) is 5.75 Å². The Bertz CT molecular complexity index is 521. The highest BCUT2D eigenvalue weighted by Gasteiger charge is 2.12. The van der Waals surface area contributed by atoms with Gasteiger partial charge in [0.25, 0.3) is 0 Å². The first-order chi connectivity index (χ1) is 12.5. The molecule has 156 valence electrons. The zero-order valence-corrected chi connectivity index (χ0v) is 19.9. The summed E-state index contributed by atoms with van der Waals surface area (Å²) in [5, 5.41) is 12.7. The third-order valence-electron chi connectivity index (χ3n) is 4.19. The Balaban J connectivity index is 0.00000676. The summed E-state index contributed by atoms with van der Waals surface area (Å²) in [6.07, 6.45) is 1.90. The molecule has 0 saturated carbocycles. The van der Waals surface area contributed by atoms with E-state index < -0.39 is 0 Å². The first-order valence-corrected chi connectivity index (χ1v) is 9.82. The Labute approximate surface area is 182 Å². The maximum atomic E-state index is 9.30. The van der Waals surface area contributed by atoms with Crippen LogP contribution in [0.3, 0.4) is 0 Å². The molecule has 0 fully saturated rings. The van der Waals surface area contributed by atoms with Crippen molar-refractivity contribution >= 4 is 29.9 Å². The molecule has 0 aliphatic rings. The van der Waals surface area contributed by atoms with E-state index in [1.54, 1.807) is 0 Å². The quantitative estimate of drug-likeness (QED) is 0.278. The Morgan fingerprint density at radius 3 is 2.41 bits per heavy atom. The van der Waals surface area contributed by atoms with E-state index in [0.29, 0.717) is 18.4 Å².